The molecule has 0 saturated heterocycles. The van der Waals surface area contributed by atoms with Crippen LogP contribution in [0.25, 0.3) is 0 Å². The number of nitrogens with zero attached hydrogens (tertiary/aromatic N) is 2. The maximum absolute atomic E-state index is 9.52. The molecule has 17 heavy (non-hydrogen) atoms. The number of hydrogen-bond acceptors (Lipinski definition) is 2. The third-order valence-corrected chi connectivity index (χ3v) is 3.99. The fraction of sp³-hybridized carbons (Fsp3) is 0.786. The van der Waals surface area contributed by atoms with Crippen LogP contribution >= 0.6 is 0 Å². The van der Waals surface area contributed by atoms with Crippen LogP contribution in [0.2, 0.25) is 0 Å². The second-order valence-corrected chi connectivity index (χ2v) is 5.29. The van der Waals surface area contributed by atoms with Gasteiger partial charge in [0, 0.05) is 6.20 Å². The normalized spacial score (nSPS) is 24.7. The lowest BCUT2D eigenvalue weighted by Gasteiger charge is -2.12. The second kappa shape index (κ2) is 5.67. The number of hydrogen-bond donors (Lipinski definition) is 1. The molecule has 2 atom stereocenters. The van der Waals surface area contributed by atoms with Crippen molar-refractivity contribution < 1.29 is 5.11 Å². The molecule has 1 aliphatic carbocycles. The Bertz CT molecular complexity index is 344. The summed E-state index contributed by atoms with van der Waals surface area (Å²) < 4.78 is 2.11. The minimum absolute atomic E-state index is 0.0684. The molecule has 0 amide bonds. The first-order valence-electron chi connectivity index (χ1n) is 6.95. The van der Waals surface area contributed by atoms with E-state index in [0.29, 0.717) is 12.0 Å². The lowest BCUT2D eigenvalue weighted by atomic mass is 10.0. The van der Waals surface area contributed by atoms with E-state index in [9.17, 15) is 5.11 Å². The Balaban J connectivity index is 1.94. The van der Waals surface area contributed by atoms with E-state index >= 15 is 0 Å². The third kappa shape index (κ3) is 3.09. The third-order valence-electron chi connectivity index (χ3n) is 3.99. The van der Waals surface area contributed by atoms with Gasteiger partial charge in [0.05, 0.1) is 17.8 Å². The summed E-state index contributed by atoms with van der Waals surface area (Å²) in [6.45, 7) is 4.42. The van der Waals surface area contributed by atoms with Crippen LogP contribution in [0.5, 0.6) is 0 Å². The molecule has 1 saturated carbocycles. The molecule has 1 heterocycles. The van der Waals surface area contributed by atoms with Crippen molar-refractivity contribution in [3.05, 3.63) is 18.0 Å². The minimum Gasteiger partial charge on any atom is -0.393 e. The van der Waals surface area contributed by atoms with E-state index in [2.05, 4.69) is 35.9 Å². The van der Waals surface area contributed by atoms with Crippen molar-refractivity contribution in [2.45, 2.75) is 64.5 Å². The van der Waals surface area contributed by atoms with Crippen molar-refractivity contribution in [2.75, 3.05) is 0 Å². The molecule has 1 aliphatic rings. The largest absolute Gasteiger partial charge is 0.393 e. The summed E-state index contributed by atoms with van der Waals surface area (Å²) in [5.74, 6) is 0.634. The number of aromatic nitrogens is 2. The molecule has 0 radical (unpaired) electrons. The highest BCUT2D eigenvalue weighted by Crippen LogP contribution is 2.28. The monoisotopic (exact) mass is 236 g/mol. The summed E-state index contributed by atoms with van der Waals surface area (Å²) in [7, 11) is 0. The van der Waals surface area contributed by atoms with Crippen LogP contribution in [0.4, 0.5) is 0 Å². The predicted octanol–water partition coefficient (Wildman–Crippen LogP) is 2.95. The van der Waals surface area contributed by atoms with Crippen LogP contribution in [-0.2, 0) is 6.42 Å². The number of aliphatic hydroxyl groups excluding tert-OH is 1. The van der Waals surface area contributed by atoms with Crippen LogP contribution in [0, 0.1) is 5.92 Å². The average Bonchev–Trinajstić information content (AvgIpc) is 2.91. The van der Waals surface area contributed by atoms with E-state index in [4.69, 9.17) is 0 Å². The Hall–Kier alpha value is -0.830. The van der Waals surface area contributed by atoms with Gasteiger partial charge in [-0.25, -0.2) is 0 Å². The zero-order chi connectivity index (χ0) is 12.3. The summed E-state index contributed by atoms with van der Waals surface area (Å²) >= 11 is 0. The lowest BCUT2D eigenvalue weighted by molar-refractivity contribution is 0.177. The Morgan fingerprint density at radius 3 is 2.76 bits per heavy atom. The van der Waals surface area contributed by atoms with Crippen molar-refractivity contribution in [3.63, 3.8) is 0 Å². The predicted molar refractivity (Wildman–Crippen MR) is 68.9 cm³/mol. The minimum atomic E-state index is -0.0684. The first kappa shape index (κ1) is 12.6. The molecule has 1 aromatic rings. The molecule has 2 unspecified atom stereocenters. The molecule has 1 N–H and O–H groups in total. The molecule has 0 spiro atoms. The van der Waals surface area contributed by atoms with Crippen LogP contribution in [0.15, 0.2) is 12.3 Å². The number of rotatable bonds is 5. The highest BCUT2D eigenvalue weighted by Gasteiger charge is 2.23. The fourth-order valence-corrected chi connectivity index (χ4v) is 2.88. The summed E-state index contributed by atoms with van der Waals surface area (Å²) in [5.41, 5.74) is 1.19. The average molecular weight is 236 g/mol. The van der Waals surface area contributed by atoms with Gasteiger partial charge < -0.3 is 5.11 Å². The van der Waals surface area contributed by atoms with Crippen LogP contribution in [0.1, 0.15) is 57.7 Å². The molecule has 0 aliphatic heterocycles. The molecule has 96 valence electrons. The topological polar surface area (TPSA) is 38.0 Å². The summed E-state index contributed by atoms with van der Waals surface area (Å²) in [6.07, 6.45) is 8.43. The molecule has 2 rings (SSSR count). The van der Waals surface area contributed by atoms with Crippen molar-refractivity contribution in [2.24, 2.45) is 5.92 Å². The van der Waals surface area contributed by atoms with Gasteiger partial charge in [0.2, 0.25) is 0 Å². The van der Waals surface area contributed by atoms with Gasteiger partial charge in [0.1, 0.15) is 0 Å². The smallest absolute Gasteiger partial charge is 0.0627 e. The fourth-order valence-electron chi connectivity index (χ4n) is 2.88. The molecule has 3 heteroatoms. The Morgan fingerprint density at radius 2 is 2.18 bits per heavy atom. The Kier molecular flexibility index (Phi) is 4.21. The van der Waals surface area contributed by atoms with Gasteiger partial charge >= 0.3 is 0 Å². The molecule has 0 bridgehead atoms. The SMILES string of the molecule is CCC(CC)n1ccc(CC2CCC(O)C2)n1. The first-order chi connectivity index (χ1) is 8.22. The van der Waals surface area contributed by atoms with E-state index in [0.717, 1.165) is 38.5 Å². The highest BCUT2D eigenvalue weighted by molar-refractivity contribution is 5.02. The van der Waals surface area contributed by atoms with Gasteiger partial charge in [-0.1, -0.05) is 13.8 Å². The summed E-state index contributed by atoms with van der Waals surface area (Å²) in [4.78, 5) is 0. The van der Waals surface area contributed by atoms with Crippen LogP contribution in [-0.4, -0.2) is 21.0 Å². The van der Waals surface area contributed by atoms with E-state index < -0.39 is 0 Å². The molecule has 3 nitrogen and oxygen atoms in total. The number of aliphatic hydroxyl groups is 1. The zero-order valence-electron chi connectivity index (χ0n) is 11.0. The summed E-state index contributed by atoms with van der Waals surface area (Å²) in [6, 6.07) is 2.68. The summed E-state index contributed by atoms with van der Waals surface area (Å²) in [5, 5.41) is 14.2. The molecule has 0 aromatic carbocycles. The zero-order valence-corrected chi connectivity index (χ0v) is 11.0. The quantitative estimate of drug-likeness (QED) is 0.853. The molecule has 1 fully saturated rings. The van der Waals surface area contributed by atoms with Gasteiger partial charge in [0.15, 0.2) is 0 Å². The van der Waals surface area contributed by atoms with Crippen LogP contribution in [0.3, 0.4) is 0 Å². The van der Waals surface area contributed by atoms with Crippen LogP contribution < -0.4 is 0 Å². The highest BCUT2D eigenvalue weighted by atomic mass is 16.3. The van der Waals surface area contributed by atoms with Crippen molar-refractivity contribution in [1.82, 2.24) is 9.78 Å². The maximum Gasteiger partial charge on any atom is 0.0627 e. The van der Waals surface area contributed by atoms with Gasteiger partial charge in [-0.05, 0) is 50.5 Å². The Morgan fingerprint density at radius 1 is 1.41 bits per heavy atom. The first-order valence-corrected chi connectivity index (χ1v) is 6.95. The standard InChI is InChI=1S/C14H24N2O/c1-3-13(4-2)16-8-7-12(15-16)9-11-5-6-14(17)10-11/h7-8,11,13-14,17H,3-6,9-10H2,1-2H3. The van der Waals surface area contributed by atoms with Crippen molar-refractivity contribution in [1.29, 1.82) is 0 Å². The van der Waals surface area contributed by atoms with E-state index in [1.54, 1.807) is 0 Å². The molecular formula is C14H24N2O. The van der Waals surface area contributed by atoms with E-state index in [1.165, 1.54) is 5.69 Å². The van der Waals surface area contributed by atoms with Gasteiger partial charge in [-0.3, -0.25) is 4.68 Å². The molecule has 1 aromatic heterocycles. The molecular weight excluding hydrogens is 212 g/mol. The second-order valence-electron chi connectivity index (χ2n) is 5.29. The van der Waals surface area contributed by atoms with Gasteiger partial charge in [-0.2, -0.15) is 5.10 Å². The van der Waals surface area contributed by atoms with Crippen molar-refractivity contribution in [3.8, 4) is 0 Å². The van der Waals surface area contributed by atoms with E-state index in [-0.39, 0.29) is 6.10 Å². The Labute approximate surface area is 104 Å². The van der Waals surface area contributed by atoms with Gasteiger partial charge in [-0.15, -0.1) is 0 Å². The van der Waals surface area contributed by atoms with E-state index in [1.807, 2.05) is 0 Å². The lowest BCUT2D eigenvalue weighted by Crippen LogP contribution is -2.09. The van der Waals surface area contributed by atoms with Crippen molar-refractivity contribution >= 4 is 0 Å². The maximum atomic E-state index is 9.52. The van der Waals surface area contributed by atoms with Gasteiger partial charge in [0.25, 0.3) is 0 Å².